The van der Waals surface area contributed by atoms with Crippen molar-refractivity contribution in [3.05, 3.63) is 64.7 Å². The number of hydrogen-bond acceptors (Lipinski definition) is 4. The minimum absolute atomic E-state index is 0.0862. The molecule has 0 spiro atoms. The standard InChI is InChI=1S/C22H27N3O3S/c1-2-29(27,28)25-13-11-20-19(16-25)8-5-9-21(20)23-14-22(26)24-12-10-17-6-3-4-7-18(17)15-24/h3-9,23H,2,10-16H2,1H3. The second-order valence-corrected chi connectivity index (χ2v) is 9.87. The Morgan fingerprint density at radius 3 is 2.52 bits per heavy atom. The van der Waals surface area contributed by atoms with Gasteiger partial charge in [0, 0.05) is 31.9 Å². The van der Waals surface area contributed by atoms with E-state index in [1.54, 1.807) is 11.2 Å². The lowest BCUT2D eigenvalue weighted by atomic mass is 9.99. The van der Waals surface area contributed by atoms with E-state index in [2.05, 4.69) is 17.4 Å². The molecular weight excluding hydrogens is 386 g/mol. The van der Waals surface area contributed by atoms with Crippen LogP contribution in [0.5, 0.6) is 0 Å². The van der Waals surface area contributed by atoms with Crippen LogP contribution in [0.15, 0.2) is 42.5 Å². The van der Waals surface area contributed by atoms with Gasteiger partial charge in [-0.15, -0.1) is 0 Å². The highest BCUT2D eigenvalue weighted by Gasteiger charge is 2.27. The van der Waals surface area contributed by atoms with E-state index >= 15 is 0 Å². The van der Waals surface area contributed by atoms with Crippen LogP contribution in [0.3, 0.4) is 0 Å². The van der Waals surface area contributed by atoms with Crippen LogP contribution in [0, 0.1) is 0 Å². The highest BCUT2D eigenvalue weighted by atomic mass is 32.2. The number of anilines is 1. The van der Waals surface area contributed by atoms with Crippen molar-refractivity contribution in [2.75, 3.05) is 30.7 Å². The first-order valence-corrected chi connectivity index (χ1v) is 11.8. The van der Waals surface area contributed by atoms with E-state index in [4.69, 9.17) is 0 Å². The molecule has 0 saturated heterocycles. The Bertz CT molecular complexity index is 1020. The third-order valence-corrected chi connectivity index (χ3v) is 7.73. The van der Waals surface area contributed by atoms with Gasteiger partial charge in [-0.05, 0) is 48.1 Å². The monoisotopic (exact) mass is 413 g/mol. The zero-order chi connectivity index (χ0) is 20.4. The Morgan fingerprint density at radius 2 is 1.72 bits per heavy atom. The van der Waals surface area contributed by atoms with Crippen LogP contribution in [0.1, 0.15) is 29.2 Å². The Morgan fingerprint density at radius 1 is 0.966 bits per heavy atom. The summed E-state index contributed by atoms with van der Waals surface area (Å²) < 4.78 is 25.9. The van der Waals surface area contributed by atoms with Gasteiger partial charge in [-0.1, -0.05) is 36.4 Å². The zero-order valence-corrected chi connectivity index (χ0v) is 17.5. The van der Waals surface area contributed by atoms with Gasteiger partial charge >= 0.3 is 0 Å². The summed E-state index contributed by atoms with van der Waals surface area (Å²) in [6.45, 7) is 4.21. The van der Waals surface area contributed by atoms with Crippen LogP contribution in [-0.2, 0) is 40.7 Å². The molecule has 1 amide bonds. The normalized spacial score (nSPS) is 16.8. The Balaban J connectivity index is 1.41. The summed E-state index contributed by atoms with van der Waals surface area (Å²) in [6.07, 6.45) is 1.55. The molecule has 29 heavy (non-hydrogen) atoms. The third-order valence-electron chi connectivity index (χ3n) is 5.90. The first kappa shape index (κ1) is 19.9. The van der Waals surface area contributed by atoms with Crippen molar-refractivity contribution >= 4 is 21.6 Å². The minimum Gasteiger partial charge on any atom is -0.376 e. The van der Waals surface area contributed by atoms with Crippen LogP contribution in [0.25, 0.3) is 0 Å². The van der Waals surface area contributed by atoms with E-state index in [9.17, 15) is 13.2 Å². The van der Waals surface area contributed by atoms with E-state index in [1.807, 2.05) is 35.2 Å². The van der Waals surface area contributed by atoms with Crippen LogP contribution < -0.4 is 5.32 Å². The quantitative estimate of drug-likeness (QED) is 0.817. The summed E-state index contributed by atoms with van der Waals surface area (Å²) in [7, 11) is -3.19. The molecule has 4 rings (SSSR count). The summed E-state index contributed by atoms with van der Waals surface area (Å²) in [5, 5.41) is 3.30. The lowest BCUT2D eigenvalue weighted by Gasteiger charge is -2.30. The average Bonchev–Trinajstić information content (AvgIpc) is 2.76. The number of sulfonamides is 1. The molecule has 0 saturated carbocycles. The first-order chi connectivity index (χ1) is 14.0. The second-order valence-electron chi connectivity index (χ2n) is 7.61. The highest BCUT2D eigenvalue weighted by molar-refractivity contribution is 7.89. The van der Waals surface area contributed by atoms with Crippen LogP contribution in [-0.4, -0.2) is 48.9 Å². The molecule has 6 nitrogen and oxygen atoms in total. The lowest BCUT2D eigenvalue weighted by molar-refractivity contribution is -0.130. The lowest BCUT2D eigenvalue weighted by Crippen LogP contribution is -2.39. The van der Waals surface area contributed by atoms with Gasteiger partial charge in [-0.2, -0.15) is 4.31 Å². The third kappa shape index (κ3) is 4.16. The average molecular weight is 414 g/mol. The van der Waals surface area contributed by atoms with Crippen molar-refractivity contribution in [1.82, 2.24) is 9.21 Å². The van der Waals surface area contributed by atoms with Gasteiger partial charge in [0.05, 0.1) is 12.3 Å². The predicted octanol–water partition coefficient (Wildman–Crippen LogP) is 2.39. The van der Waals surface area contributed by atoms with E-state index in [0.717, 1.165) is 29.8 Å². The van der Waals surface area contributed by atoms with Gasteiger partial charge in [-0.3, -0.25) is 4.79 Å². The molecule has 0 radical (unpaired) electrons. The largest absolute Gasteiger partial charge is 0.376 e. The number of fused-ring (bicyclic) bond motifs is 2. The number of rotatable bonds is 5. The van der Waals surface area contributed by atoms with Crippen molar-refractivity contribution in [3.8, 4) is 0 Å². The fourth-order valence-electron chi connectivity index (χ4n) is 4.16. The molecule has 2 aliphatic rings. The maximum Gasteiger partial charge on any atom is 0.242 e. The van der Waals surface area contributed by atoms with Crippen molar-refractivity contribution in [3.63, 3.8) is 0 Å². The molecule has 154 valence electrons. The van der Waals surface area contributed by atoms with Crippen molar-refractivity contribution in [2.24, 2.45) is 0 Å². The molecule has 0 atom stereocenters. The number of benzene rings is 2. The van der Waals surface area contributed by atoms with Crippen LogP contribution in [0.2, 0.25) is 0 Å². The number of nitrogens with one attached hydrogen (secondary N) is 1. The van der Waals surface area contributed by atoms with Gasteiger partial charge in [0.2, 0.25) is 15.9 Å². The van der Waals surface area contributed by atoms with Crippen molar-refractivity contribution in [2.45, 2.75) is 32.9 Å². The zero-order valence-electron chi connectivity index (χ0n) is 16.7. The number of carbonyl (C=O) groups is 1. The highest BCUT2D eigenvalue weighted by Crippen LogP contribution is 2.28. The fraction of sp³-hybridized carbons (Fsp3) is 0.409. The summed E-state index contributed by atoms with van der Waals surface area (Å²) in [5.74, 6) is 0.205. The SMILES string of the molecule is CCS(=O)(=O)N1CCc2c(cccc2NCC(=O)N2CCc3ccccc3C2)C1. The molecule has 2 aromatic carbocycles. The molecule has 2 aliphatic heterocycles. The molecule has 0 fully saturated rings. The van der Waals surface area contributed by atoms with Gasteiger partial charge in [-0.25, -0.2) is 8.42 Å². The van der Waals surface area contributed by atoms with Crippen LogP contribution in [0.4, 0.5) is 5.69 Å². The van der Waals surface area contributed by atoms with E-state index < -0.39 is 10.0 Å². The maximum atomic E-state index is 12.7. The second kappa shape index (κ2) is 8.16. The van der Waals surface area contributed by atoms with E-state index in [-0.39, 0.29) is 18.2 Å². The number of carbonyl (C=O) groups excluding carboxylic acids is 1. The fourth-order valence-corrected chi connectivity index (χ4v) is 5.23. The van der Waals surface area contributed by atoms with Gasteiger partial charge in [0.25, 0.3) is 0 Å². The van der Waals surface area contributed by atoms with Crippen molar-refractivity contribution < 1.29 is 13.2 Å². The minimum atomic E-state index is -3.19. The Labute approximate surface area is 172 Å². The van der Waals surface area contributed by atoms with Gasteiger partial charge < -0.3 is 10.2 Å². The predicted molar refractivity (Wildman–Crippen MR) is 114 cm³/mol. The summed E-state index contributed by atoms with van der Waals surface area (Å²) in [5.41, 5.74) is 5.61. The van der Waals surface area contributed by atoms with E-state index in [0.29, 0.717) is 26.1 Å². The molecule has 1 N–H and O–H groups in total. The molecule has 7 heteroatoms. The Kier molecular flexibility index (Phi) is 5.61. The van der Waals surface area contributed by atoms with E-state index in [1.165, 1.54) is 11.1 Å². The van der Waals surface area contributed by atoms with Gasteiger partial charge in [0.1, 0.15) is 0 Å². The molecule has 2 aromatic rings. The summed E-state index contributed by atoms with van der Waals surface area (Å²) in [6, 6.07) is 14.2. The number of hydrogen-bond donors (Lipinski definition) is 1. The molecule has 0 unspecified atom stereocenters. The Hall–Kier alpha value is -2.38. The van der Waals surface area contributed by atoms with Crippen LogP contribution >= 0.6 is 0 Å². The van der Waals surface area contributed by atoms with Crippen molar-refractivity contribution in [1.29, 1.82) is 0 Å². The number of nitrogens with zero attached hydrogens (tertiary/aromatic N) is 2. The first-order valence-electron chi connectivity index (χ1n) is 10.1. The maximum absolute atomic E-state index is 12.7. The summed E-state index contributed by atoms with van der Waals surface area (Å²) in [4.78, 5) is 14.7. The van der Waals surface area contributed by atoms with Gasteiger partial charge in [0.15, 0.2) is 0 Å². The molecule has 2 heterocycles. The molecule has 0 bridgehead atoms. The molecular formula is C22H27N3O3S. The molecule has 0 aromatic heterocycles. The molecule has 0 aliphatic carbocycles. The summed E-state index contributed by atoms with van der Waals surface area (Å²) >= 11 is 0. The smallest absolute Gasteiger partial charge is 0.242 e. The topological polar surface area (TPSA) is 69.7 Å². The number of amides is 1.